The molecule has 3 N–H and O–H groups in total. The van der Waals surface area contributed by atoms with Crippen LogP contribution in [0.15, 0.2) is 77.8 Å². The fourth-order valence-electron chi connectivity index (χ4n) is 5.03. The summed E-state index contributed by atoms with van der Waals surface area (Å²) in [7, 11) is -3.49. The second-order valence-electron chi connectivity index (χ2n) is 10.1. The van der Waals surface area contributed by atoms with Crippen LogP contribution in [-0.2, 0) is 14.8 Å². The van der Waals surface area contributed by atoms with E-state index in [1.165, 1.54) is 10.6 Å². The number of ether oxygens (including phenoxy) is 1. The number of aliphatic imine (C=N–C) groups is 1. The maximum absolute atomic E-state index is 12.7. The highest BCUT2D eigenvalue weighted by Crippen LogP contribution is 2.33. The van der Waals surface area contributed by atoms with Gasteiger partial charge in [0, 0.05) is 50.2 Å². The van der Waals surface area contributed by atoms with Crippen LogP contribution in [0.4, 0.5) is 11.4 Å². The van der Waals surface area contributed by atoms with Gasteiger partial charge in [0.05, 0.1) is 41.0 Å². The van der Waals surface area contributed by atoms with E-state index in [2.05, 4.69) is 15.2 Å². The Balaban J connectivity index is 1.48. The van der Waals surface area contributed by atoms with E-state index < -0.39 is 16.0 Å². The molecule has 220 valence electrons. The Morgan fingerprint density at radius 3 is 2.40 bits per heavy atom. The number of hydrogen-bond acceptors (Lipinski definition) is 8. The van der Waals surface area contributed by atoms with E-state index in [9.17, 15) is 18.3 Å². The van der Waals surface area contributed by atoms with Crippen LogP contribution in [-0.4, -0.2) is 87.2 Å². The first-order valence-corrected chi connectivity index (χ1v) is 15.8. The first kappa shape index (κ1) is 29.3. The second kappa shape index (κ2) is 12.8. The van der Waals surface area contributed by atoms with Crippen molar-refractivity contribution in [2.75, 3.05) is 56.4 Å². The van der Waals surface area contributed by atoms with Crippen molar-refractivity contribution in [2.45, 2.75) is 6.92 Å². The molecule has 1 aromatic heterocycles. The first-order chi connectivity index (χ1) is 20.2. The predicted molar refractivity (Wildman–Crippen MR) is 166 cm³/mol. The van der Waals surface area contributed by atoms with Gasteiger partial charge in [-0.15, -0.1) is 0 Å². The molecule has 4 aromatic rings. The summed E-state index contributed by atoms with van der Waals surface area (Å²) in [5.74, 6) is -0.432. The minimum absolute atomic E-state index is 0.01000. The number of nitrogens with one attached hydrogen (secondary N) is 2. The van der Waals surface area contributed by atoms with Crippen LogP contribution in [0.2, 0.25) is 0 Å². The molecule has 5 rings (SSSR count). The van der Waals surface area contributed by atoms with E-state index in [1.807, 2.05) is 30.3 Å². The SMILES string of the molecule is CCOC(=O)c1ccc2c(O)c(C(=Nc3ccc(N(CCN4CCNCC4)S(C)(=O)=O)cc3)c3ccccc3)[nH]c2c1. The van der Waals surface area contributed by atoms with E-state index in [4.69, 9.17) is 9.73 Å². The Kier molecular flexibility index (Phi) is 8.91. The summed E-state index contributed by atoms with van der Waals surface area (Å²) >= 11 is 0. The van der Waals surface area contributed by atoms with Crippen molar-refractivity contribution >= 4 is 44.0 Å². The van der Waals surface area contributed by atoms with Crippen molar-refractivity contribution < 1.29 is 23.1 Å². The van der Waals surface area contributed by atoms with Gasteiger partial charge in [-0.05, 0) is 49.4 Å². The Hall–Kier alpha value is -4.19. The van der Waals surface area contributed by atoms with Crippen LogP contribution < -0.4 is 9.62 Å². The van der Waals surface area contributed by atoms with Crippen LogP contribution in [0.5, 0.6) is 5.75 Å². The molecular weight excluding hydrogens is 554 g/mol. The minimum Gasteiger partial charge on any atom is -0.505 e. The molecule has 42 heavy (non-hydrogen) atoms. The third-order valence-corrected chi connectivity index (χ3v) is 8.37. The van der Waals surface area contributed by atoms with Gasteiger partial charge in [-0.1, -0.05) is 30.3 Å². The zero-order chi connectivity index (χ0) is 29.7. The average molecular weight is 590 g/mol. The molecule has 0 saturated carbocycles. The van der Waals surface area contributed by atoms with Gasteiger partial charge in [0.1, 0.15) is 5.69 Å². The monoisotopic (exact) mass is 589 g/mol. The fourth-order valence-corrected chi connectivity index (χ4v) is 5.95. The highest BCUT2D eigenvalue weighted by molar-refractivity contribution is 7.92. The number of aromatic amines is 1. The number of H-pyrrole nitrogens is 1. The van der Waals surface area contributed by atoms with Crippen molar-refractivity contribution in [3.8, 4) is 5.75 Å². The van der Waals surface area contributed by atoms with Gasteiger partial charge in [-0.25, -0.2) is 18.2 Å². The molecule has 1 saturated heterocycles. The summed E-state index contributed by atoms with van der Waals surface area (Å²) in [6.45, 7) is 6.58. The maximum Gasteiger partial charge on any atom is 0.338 e. The molecule has 2 heterocycles. The molecule has 0 aliphatic carbocycles. The topological polar surface area (TPSA) is 127 Å². The van der Waals surface area contributed by atoms with Gasteiger partial charge in [-0.2, -0.15) is 0 Å². The number of rotatable bonds is 10. The molecule has 0 atom stereocenters. The van der Waals surface area contributed by atoms with Crippen molar-refractivity contribution in [3.63, 3.8) is 0 Å². The number of esters is 1. The van der Waals surface area contributed by atoms with Crippen molar-refractivity contribution in [2.24, 2.45) is 4.99 Å². The number of aromatic nitrogens is 1. The van der Waals surface area contributed by atoms with Gasteiger partial charge < -0.3 is 20.1 Å². The molecule has 10 nitrogen and oxygen atoms in total. The highest BCUT2D eigenvalue weighted by atomic mass is 32.2. The molecule has 3 aromatic carbocycles. The standard InChI is InChI=1S/C31H35N5O5S/c1-3-41-31(38)23-9-14-26-27(21-23)34-29(30(26)37)28(22-7-5-4-6-8-22)33-24-10-12-25(13-11-24)36(42(2,39)40)20-19-35-17-15-32-16-18-35/h4-14,21,32,34,37H,3,15-20H2,1-2H3. The number of benzene rings is 3. The number of aromatic hydroxyl groups is 1. The fraction of sp³-hybridized carbons (Fsp3) is 0.290. The molecule has 1 aliphatic rings. The Morgan fingerprint density at radius 2 is 1.74 bits per heavy atom. The van der Waals surface area contributed by atoms with Crippen LogP contribution in [0.25, 0.3) is 10.9 Å². The van der Waals surface area contributed by atoms with E-state index in [0.717, 1.165) is 31.7 Å². The lowest BCUT2D eigenvalue weighted by molar-refractivity contribution is 0.0526. The summed E-state index contributed by atoms with van der Waals surface area (Å²) in [5.41, 5.74) is 3.75. The molecule has 0 bridgehead atoms. The number of hydrogen-bond donors (Lipinski definition) is 3. The summed E-state index contributed by atoms with van der Waals surface area (Å²) in [6, 6.07) is 21.4. The molecule has 1 aliphatic heterocycles. The number of anilines is 1. The Morgan fingerprint density at radius 1 is 1.02 bits per heavy atom. The molecule has 0 unspecified atom stereocenters. The minimum atomic E-state index is -3.49. The van der Waals surface area contributed by atoms with Crippen LogP contribution in [0.3, 0.4) is 0 Å². The third-order valence-electron chi connectivity index (χ3n) is 7.17. The Labute approximate surface area is 245 Å². The molecular formula is C31H35N5O5S. The van der Waals surface area contributed by atoms with Crippen molar-refractivity contribution in [3.05, 3.63) is 89.6 Å². The van der Waals surface area contributed by atoms with E-state index in [-0.39, 0.29) is 12.4 Å². The molecule has 11 heteroatoms. The Bertz CT molecular complexity index is 1680. The number of sulfonamides is 1. The number of carbonyl (C=O) groups excluding carboxylic acids is 1. The molecule has 0 spiro atoms. The predicted octanol–water partition coefficient (Wildman–Crippen LogP) is 3.89. The smallest absolute Gasteiger partial charge is 0.338 e. The zero-order valence-corrected chi connectivity index (χ0v) is 24.5. The normalized spacial score (nSPS) is 14.7. The lowest BCUT2D eigenvalue weighted by Crippen LogP contribution is -2.47. The van der Waals surface area contributed by atoms with Gasteiger partial charge in [0.25, 0.3) is 0 Å². The van der Waals surface area contributed by atoms with Gasteiger partial charge in [0.15, 0.2) is 5.75 Å². The molecule has 0 radical (unpaired) electrons. The quantitative estimate of drug-likeness (QED) is 0.189. The number of fused-ring (bicyclic) bond motifs is 1. The number of piperazine rings is 1. The lowest BCUT2D eigenvalue weighted by Gasteiger charge is -2.30. The maximum atomic E-state index is 12.7. The lowest BCUT2D eigenvalue weighted by atomic mass is 10.1. The van der Waals surface area contributed by atoms with E-state index in [1.54, 1.807) is 49.4 Å². The number of nitrogens with zero attached hydrogens (tertiary/aromatic N) is 3. The van der Waals surface area contributed by atoms with Gasteiger partial charge in [-0.3, -0.25) is 9.21 Å². The first-order valence-electron chi connectivity index (χ1n) is 13.9. The highest BCUT2D eigenvalue weighted by Gasteiger charge is 2.21. The second-order valence-corrected chi connectivity index (χ2v) is 12.0. The largest absolute Gasteiger partial charge is 0.505 e. The van der Waals surface area contributed by atoms with Crippen LogP contribution >= 0.6 is 0 Å². The van der Waals surface area contributed by atoms with Crippen molar-refractivity contribution in [1.82, 2.24) is 15.2 Å². The van der Waals surface area contributed by atoms with Crippen molar-refractivity contribution in [1.29, 1.82) is 0 Å². The average Bonchev–Trinajstić information content (AvgIpc) is 3.32. The van der Waals surface area contributed by atoms with Crippen LogP contribution in [0, 0.1) is 0 Å². The van der Waals surface area contributed by atoms with Gasteiger partial charge >= 0.3 is 5.97 Å². The molecule has 1 fully saturated rings. The summed E-state index contributed by atoms with van der Waals surface area (Å²) in [5, 5.41) is 15.1. The number of carbonyl (C=O) groups is 1. The summed E-state index contributed by atoms with van der Waals surface area (Å²) in [6.07, 6.45) is 1.22. The summed E-state index contributed by atoms with van der Waals surface area (Å²) < 4.78 is 31.9. The molecule has 0 amide bonds. The summed E-state index contributed by atoms with van der Waals surface area (Å²) in [4.78, 5) is 22.6. The van der Waals surface area contributed by atoms with Gasteiger partial charge in [0.2, 0.25) is 10.0 Å². The zero-order valence-electron chi connectivity index (χ0n) is 23.7. The van der Waals surface area contributed by atoms with E-state index >= 15 is 0 Å². The van der Waals surface area contributed by atoms with Crippen LogP contribution in [0.1, 0.15) is 28.5 Å². The van der Waals surface area contributed by atoms with E-state index in [0.29, 0.717) is 52.3 Å². The third kappa shape index (κ3) is 6.64.